The van der Waals surface area contributed by atoms with Crippen molar-refractivity contribution in [1.29, 1.82) is 0 Å². The van der Waals surface area contributed by atoms with Crippen LogP contribution < -0.4 is 5.73 Å². The molecule has 2 nitrogen and oxygen atoms in total. The fourth-order valence-electron chi connectivity index (χ4n) is 1.83. The van der Waals surface area contributed by atoms with Crippen molar-refractivity contribution in [2.75, 3.05) is 0 Å². The third-order valence-corrected chi connectivity index (χ3v) is 4.44. The second-order valence-electron chi connectivity index (χ2n) is 5.15. The van der Waals surface area contributed by atoms with Gasteiger partial charge in [0.25, 0.3) is 0 Å². The lowest BCUT2D eigenvalue weighted by Crippen LogP contribution is -2.14. The molecule has 0 atom stereocenters. The van der Waals surface area contributed by atoms with Crippen LogP contribution in [0.15, 0.2) is 29.6 Å². The Hall–Kier alpha value is -1.19. The molecule has 0 aliphatic rings. The number of aromatic nitrogens is 1. The molecule has 0 fully saturated rings. The monoisotopic (exact) mass is 260 g/mol. The van der Waals surface area contributed by atoms with E-state index in [-0.39, 0.29) is 5.41 Å². The number of benzene rings is 1. The maximum Gasteiger partial charge on any atom is 0.107 e. The van der Waals surface area contributed by atoms with Crippen molar-refractivity contribution in [3.05, 3.63) is 40.2 Å². The molecule has 0 amide bonds. The number of hydrogen-bond acceptors (Lipinski definition) is 3. The van der Waals surface area contributed by atoms with Gasteiger partial charge in [-0.05, 0) is 17.4 Å². The molecule has 2 rings (SSSR count). The van der Waals surface area contributed by atoms with Crippen LogP contribution in [0.3, 0.4) is 0 Å². The molecule has 0 saturated carbocycles. The fourth-order valence-corrected chi connectivity index (χ4v) is 2.52. The van der Waals surface area contributed by atoms with Gasteiger partial charge in [0.15, 0.2) is 0 Å². The number of nitrogens with zero attached hydrogens (tertiary/aromatic N) is 1. The minimum absolute atomic E-state index is 0.239. The van der Waals surface area contributed by atoms with Crippen molar-refractivity contribution in [3.63, 3.8) is 0 Å². The van der Waals surface area contributed by atoms with Gasteiger partial charge in [-0.1, -0.05) is 45.0 Å². The maximum atomic E-state index is 5.59. The molecule has 2 N–H and O–H groups in total. The number of rotatable bonds is 4. The van der Waals surface area contributed by atoms with Gasteiger partial charge in [-0.25, -0.2) is 4.98 Å². The van der Waals surface area contributed by atoms with Crippen LogP contribution in [-0.2, 0) is 12.0 Å². The van der Waals surface area contributed by atoms with Crippen LogP contribution in [0.5, 0.6) is 0 Å². The standard InChI is InChI=1S/C15H20N2S/c1-4-15(2,3)12-7-5-11(6-8-12)13-10-18-14(9-16)17-13/h5-8,10H,4,9,16H2,1-3H3. The average molecular weight is 260 g/mol. The lowest BCUT2D eigenvalue weighted by atomic mass is 9.82. The molecule has 0 radical (unpaired) electrons. The summed E-state index contributed by atoms with van der Waals surface area (Å²) < 4.78 is 0. The molecule has 0 unspecified atom stereocenters. The first-order valence-electron chi connectivity index (χ1n) is 6.32. The predicted molar refractivity (Wildman–Crippen MR) is 78.8 cm³/mol. The van der Waals surface area contributed by atoms with Gasteiger partial charge in [-0.2, -0.15) is 0 Å². The summed E-state index contributed by atoms with van der Waals surface area (Å²) in [7, 11) is 0. The van der Waals surface area contributed by atoms with Crippen molar-refractivity contribution in [1.82, 2.24) is 4.98 Å². The van der Waals surface area contributed by atoms with Crippen LogP contribution in [0, 0.1) is 0 Å². The smallest absolute Gasteiger partial charge is 0.107 e. The van der Waals surface area contributed by atoms with Gasteiger partial charge < -0.3 is 5.73 Å². The Bertz CT molecular complexity index is 512. The molecule has 0 aliphatic carbocycles. The van der Waals surface area contributed by atoms with Gasteiger partial charge in [0.2, 0.25) is 0 Å². The van der Waals surface area contributed by atoms with E-state index in [1.165, 1.54) is 11.1 Å². The van der Waals surface area contributed by atoms with Crippen LogP contribution in [-0.4, -0.2) is 4.98 Å². The number of nitrogens with two attached hydrogens (primary N) is 1. The summed E-state index contributed by atoms with van der Waals surface area (Å²) in [5.41, 5.74) is 9.40. The highest BCUT2D eigenvalue weighted by atomic mass is 32.1. The van der Waals surface area contributed by atoms with E-state index in [2.05, 4.69) is 55.4 Å². The molecule has 1 aromatic carbocycles. The Morgan fingerprint density at radius 2 is 1.89 bits per heavy atom. The van der Waals surface area contributed by atoms with E-state index in [9.17, 15) is 0 Å². The highest BCUT2D eigenvalue weighted by Gasteiger charge is 2.17. The summed E-state index contributed by atoms with van der Waals surface area (Å²) in [5, 5.41) is 3.06. The third-order valence-electron chi connectivity index (χ3n) is 3.57. The maximum absolute atomic E-state index is 5.59. The van der Waals surface area contributed by atoms with E-state index >= 15 is 0 Å². The average Bonchev–Trinajstić information content (AvgIpc) is 2.87. The second kappa shape index (κ2) is 5.21. The van der Waals surface area contributed by atoms with E-state index < -0.39 is 0 Å². The molecule has 0 aliphatic heterocycles. The summed E-state index contributed by atoms with van der Waals surface area (Å²) in [6, 6.07) is 8.73. The molecule has 1 heterocycles. The van der Waals surface area contributed by atoms with Gasteiger partial charge in [-0.15, -0.1) is 11.3 Å². The molecule has 96 valence electrons. The summed E-state index contributed by atoms with van der Waals surface area (Å²) in [5.74, 6) is 0. The fraction of sp³-hybridized carbons (Fsp3) is 0.400. The highest BCUT2D eigenvalue weighted by Crippen LogP contribution is 2.29. The molecule has 3 heteroatoms. The summed E-state index contributed by atoms with van der Waals surface area (Å²) >= 11 is 1.62. The van der Waals surface area contributed by atoms with Crippen molar-refractivity contribution >= 4 is 11.3 Å². The van der Waals surface area contributed by atoms with E-state index in [1.807, 2.05) is 0 Å². The molecule has 1 aromatic heterocycles. The quantitative estimate of drug-likeness (QED) is 0.903. The zero-order valence-electron chi connectivity index (χ0n) is 11.2. The molecule has 18 heavy (non-hydrogen) atoms. The first-order chi connectivity index (χ1) is 8.56. The minimum atomic E-state index is 0.239. The van der Waals surface area contributed by atoms with Gasteiger partial charge in [-0.3, -0.25) is 0 Å². The molecule has 0 spiro atoms. The molecule has 0 saturated heterocycles. The third kappa shape index (κ3) is 2.62. The van der Waals surface area contributed by atoms with E-state index in [0.717, 1.165) is 17.1 Å². The Labute approximate surface area is 113 Å². The predicted octanol–water partition coefficient (Wildman–Crippen LogP) is 3.96. The van der Waals surface area contributed by atoms with Gasteiger partial charge in [0.1, 0.15) is 5.01 Å². The lowest BCUT2D eigenvalue weighted by molar-refractivity contribution is 0.506. The van der Waals surface area contributed by atoms with Crippen molar-refractivity contribution in [3.8, 4) is 11.3 Å². The van der Waals surface area contributed by atoms with E-state index in [1.54, 1.807) is 11.3 Å². The topological polar surface area (TPSA) is 38.9 Å². The van der Waals surface area contributed by atoms with Crippen LogP contribution in [0.1, 0.15) is 37.8 Å². The summed E-state index contributed by atoms with van der Waals surface area (Å²) in [6.45, 7) is 7.29. The van der Waals surface area contributed by atoms with Gasteiger partial charge in [0.05, 0.1) is 5.69 Å². The molecule has 0 bridgehead atoms. The van der Waals surface area contributed by atoms with Crippen LogP contribution >= 0.6 is 11.3 Å². The Morgan fingerprint density at radius 1 is 1.22 bits per heavy atom. The Morgan fingerprint density at radius 3 is 2.39 bits per heavy atom. The van der Waals surface area contributed by atoms with Crippen molar-refractivity contribution in [2.45, 2.75) is 39.2 Å². The van der Waals surface area contributed by atoms with Crippen LogP contribution in [0.2, 0.25) is 0 Å². The zero-order valence-corrected chi connectivity index (χ0v) is 12.1. The van der Waals surface area contributed by atoms with Crippen molar-refractivity contribution in [2.24, 2.45) is 5.73 Å². The Kier molecular flexibility index (Phi) is 3.83. The summed E-state index contributed by atoms with van der Waals surface area (Å²) in [6.07, 6.45) is 1.14. The van der Waals surface area contributed by atoms with E-state index in [4.69, 9.17) is 5.73 Å². The Balaban J connectivity index is 2.27. The van der Waals surface area contributed by atoms with E-state index in [0.29, 0.717) is 6.54 Å². The highest BCUT2D eigenvalue weighted by molar-refractivity contribution is 7.09. The SMILES string of the molecule is CCC(C)(C)c1ccc(-c2csc(CN)n2)cc1. The zero-order chi connectivity index (χ0) is 13.2. The number of hydrogen-bond donors (Lipinski definition) is 1. The normalized spacial score (nSPS) is 11.8. The number of thiazole rings is 1. The first-order valence-corrected chi connectivity index (χ1v) is 7.20. The molecule has 2 aromatic rings. The minimum Gasteiger partial charge on any atom is -0.325 e. The van der Waals surface area contributed by atoms with Gasteiger partial charge >= 0.3 is 0 Å². The largest absolute Gasteiger partial charge is 0.325 e. The van der Waals surface area contributed by atoms with Gasteiger partial charge in [0, 0.05) is 17.5 Å². The van der Waals surface area contributed by atoms with Crippen molar-refractivity contribution < 1.29 is 0 Å². The lowest BCUT2D eigenvalue weighted by Gasteiger charge is -2.23. The first kappa shape index (κ1) is 13.2. The molecular formula is C15H20N2S. The van der Waals surface area contributed by atoms with Crippen LogP contribution in [0.4, 0.5) is 0 Å². The molecular weight excluding hydrogens is 240 g/mol. The van der Waals surface area contributed by atoms with Crippen LogP contribution in [0.25, 0.3) is 11.3 Å². The summed E-state index contributed by atoms with van der Waals surface area (Å²) in [4.78, 5) is 4.50. The second-order valence-corrected chi connectivity index (χ2v) is 6.09.